The van der Waals surface area contributed by atoms with E-state index in [0.29, 0.717) is 6.54 Å². The van der Waals surface area contributed by atoms with Crippen LogP contribution in [0.15, 0.2) is 24.3 Å². The lowest BCUT2D eigenvalue weighted by Crippen LogP contribution is -2.30. The maximum Gasteiger partial charge on any atom is 0.216 e. The Bertz CT molecular complexity index is 385. The van der Waals surface area contributed by atoms with Crippen molar-refractivity contribution in [1.82, 2.24) is 5.32 Å². The minimum Gasteiger partial charge on any atom is -0.355 e. The minimum atomic E-state index is -0.166. The van der Waals surface area contributed by atoms with Crippen LogP contribution in [0.5, 0.6) is 0 Å². The van der Waals surface area contributed by atoms with Crippen molar-refractivity contribution in [3.05, 3.63) is 35.6 Å². The number of carbonyl (C=O) groups is 1. The second-order valence-corrected chi connectivity index (χ2v) is 4.17. The van der Waals surface area contributed by atoms with Crippen LogP contribution in [0, 0.1) is 5.82 Å². The van der Waals surface area contributed by atoms with Gasteiger partial charge in [-0.25, -0.2) is 4.39 Å². The van der Waals surface area contributed by atoms with Crippen LogP contribution in [0.25, 0.3) is 0 Å². The van der Waals surface area contributed by atoms with Gasteiger partial charge in [0.25, 0.3) is 0 Å². The van der Waals surface area contributed by atoms with E-state index in [9.17, 15) is 9.18 Å². The van der Waals surface area contributed by atoms with Gasteiger partial charge in [0, 0.05) is 18.9 Å². The molecule has 0 unspecified atom stereocenters. The molecule has 15 heavy (non-hydrogen) atoms. The number of carbonyl (C=O) groups excluding carboxylic acids is 1. The van der Waals surface area contributed by atoms with Crippen molar-refractivity contribution in [3.8, 4) is 0 Å². The smallest absolute Gasteiger partial charge is 0.216 e. The molecule has 1 fully saturated rings. The molecule has 1 saturated carbocycles. The summed E-state index contributed by atoms with van der Waals surface area (Å²) in [4.78, 5) is 10.8. The van der Waals surface area contributed by atoms with Crippen LogP contribution in [-0.2, 0) is 10.2 Å². The first kappa shape index (κ1) is 10.1. The molecule has 0 heterocycles. The number of halogens is 1. The molecule has 1 aliphatic carbocycles. The van der Waals surface area contributed by atoms with Gasteiger partial charge in [0.2, 0.25) is 5.91 Å². The highest BCUT2D eigenvalue weighted by atomic mass is 19.1. The van der Waals surface area contributed by atoms with Crippen molar-refractivity contribution in [2.75, 3.05) is 6.54 Å². The summed E-state index contributed by atoms with van der Waals surface area (Å²) in [6, 6.07) is 6.81. The van der Waals surface area contributed by atoms with Gasteiger partial charge in [-0.3, -0.25) is 4.79 Å². The van der Waals surface area contributed by atoms with Crippen LogP contribution in [0.3, 0.4) is 0 Å². The normalized spacial score (nSPS) is 17.2. The predicted octanol–water partition coefficient (Wildman–Crippen LogP) is 1.99. The largest absolute Gasteiger partial charge is 0.355 e. The quantitative estimate of drug-likeness (QED) is 0.807. The highest BCUT2D eigenvalue weighted by Gasteiger charge is 2.45. The fraction of sp³-hybridized carbons (Fsp3) is 0.417. The molecule has 0 spiro atoms. The Morgan fingerprint density at radius 1 is 1.47 bits per heavy atom. The zero-order chi connectivity index (χ0) is 10.9. The molecule has 2 nitrogen and oxygen atoms in total. The molecule has 0 aromatic heterocycles. The van der Waals surface area contributed by atoms with Gasteiger partial charge in [-0.2, -0.15) is 0 Å². The SMILES string of the molecule is CC(=O)NCC1(c2ccccc2F)CC1. The minimum absolute atomic E-state index is 0.0578. The fourth-order valence-electron chi connectivity index (χ4n) is 1.88. The highest BCUT2D eigenvalue weighted by Crippen LogP contribution is 2.48. The van der Waals surface area contributed by atoms with Crippen molar-refractivity contribution in [2.24, 2.45) is 0 Å². The third-order valence-electron chi connectivity index (χ3n) is 2.97. The van der Waals surface area contributed by atoms with Crippen LogP contribution in [0.1, 0.15) is 25.3 Å². The average Bonchev–Trinajstić information content (AvgIpc) is 2.97. The third-order valence-corrected chi connectivity index (χ3v) is 2.97. The van der Waals surface area contributed by atoms with Gasteiger partial charge < -0.3 is 5.32 Å². The molecule has 0 bridgehead atoms. The zero-order valence-electron chi connectivity index (χ0n) is 8.72. The maximum atomic E-state index is 13.5. The van der Waals surface area contributed by atoms with E-state index in [1.807, 2.05) is 12.1 Å². The maximum absolute atomic E-state index is 13.5. The molecular weight excluding hydrogens is 193 g/mol. The molecule has 0 aliphatic heterocycles. The highest BCUT2D eigenvalue weighted by molar-refractivity contribution is 5.73. The third kappa shape index (κ3) is 2.01. The summed E-state index contributed by atoms with van der Waals surface area (Å²) in [5.41, 5.74) is 0.593. The summed E-state index contributed by atoms with van der Waals surface area (Å²) in [6.45, 7) is 2.03. The Kier molecular flexibility index (Phi) is 2.47. The number of amides is 1. The molecule has 0 saturated heterocycles. The molecule has 3 heteroatoms. The van der Waals surface area contributed by atoms with Crippen LogP contribution in [0.2, 0.25) is 0 Å². The Labute approximate surface area is 88.5 Å². The van der Waals surface area contributed by atoms with Crippen LogP contribution >= 0.6 is 0 Å². The number of benzene rings is 1. The van der Waals surface area contributed by atoms with E-state index in [4.69, 9.17) is 0 Å². The van der Waals surface area contributed by atoms with Crippen molar-refractivity contribution in [1.29, 1.82) is 0 Å². The first-order valence-corrected chi connectivity index (χ1v) is 5.13. The standard InChI is InChI=1S/C12H14FNO/c1-9(15)14-8-12(6-7-12)10-4-2-3-5-11(10)13/h2-5H,6-8H2,1H3,(H,14,15). The van der Waals surface area contributed by atoms with E-state index in [1.54, 1.807) is 6.07 Å². The topological polar surface area (TPSA) is 29.1 Å². The van der Waals surface area contributed by atoms with Gasteiger partial charge in [0.1, 0.15) is 5.82 Å². The van der Waals surface area contributed by atoms with Crippen molar-refractivity contribution in [2.45, 2.75) is 25.2 Å². The molecule has 1 aromatic rings. The summed E-state index contributed by atoms with van der Waals surface area (Å²) >= 11 is 0. The second-order valence-electron chi connectivity index (χ2n) is 4.17. The second kappa shape index (κ2) is 3.65. The van der Waals surface area contributed by atoms with Crippen molar-refractivity contribution >= 4 is 5.91 Å². The number of nitrogens with one attached hydrogen (secondary N) is 1. The monoisotopic (exact) mass is 207 g/mol. The summed E-state index contributed by atoms with van der Waals surface area (Å²) in [5, 5.41) is 2.77. The van der Waals surface area contributed by atoms with Gasteiger partial charge in [-0.05, 0) is 24.5 Å². The van der Waals surface area contributed by atoms with Gasteiger partial charge in [0.15, 0.2) is 0 Å². The number of hydrogen-bond donors (Lipinski definition) is 1. The van der Waals surface area contributed by atoms with E-state index in [-0.39, 0.29) is 17.1 Å². The fourth-order valence-corrected chi connectivity index (χ4v) is 1.88. The Balaban J connectivity index is 2.16. The Morgan fingerprint density at radius 2 is 2.13 bits per heavy atom. The van der Waals surface area contributed by atoms with E-state index in [2.05, 4.69) is 5.32 Å². The summed E-state index contributed by atoms with van der Waals surface area (Å²) in [5.74, 6) is -0.224. The van der Waals surface area contributed by atoms with E-state index in [0.717, 1.165) is 18.4 Å². The summed E-state index contributed by atoms with van der Waals surface area (Å²) < 4.78 is 13.5. The lowest BCUT2D eigenvalue weighted by Gasteiger charge is -2.16. The van der Waals surface area contributed by atoms with E-state index < -0.39 is 0 Å². The summed E-state index contributed by atoms with van der Waals surface area (Å²) in [6.07, 6.45) is 1.91. The lowest BCUT2D eigenvalue weighted by atomic mass is 9.95. The molecule has 1 amide bonds. The van der Waals surface area contributed by atoms with Crippen LogP contribution in [-0.4, -0.2) is 12.5 Å². The average molecular weight is 207 g/mol. The van der Waals surface area contributed by atoms with Crippen LogP contribution in [0.4, 0.5) is 4.39 Å². The molecule has 1 aliphatic rings. The Hall–Kier alpha value is -1.38. The zero-order valence-corrected chi connectivity index (χ0v) is 8.72. The molecule has 1 aromatic carbocycles. The first-order valence-electron chi connectivity index (χ1n) is 5.13. The molecule has 0 radical (unpaired) electrons. The molecule has 80 valence electrons. The molecular formula is C12H14FNO. The van der Waals surface area contributed by atoms with Gasteiger partial charge in [-0.15, -0.1) is 0 Å². The number of hydrogen-bond acceptors (Lipinski definition) is 1. The Morgan fingerprint density at radius 3 is 2.67 bits per heavy atom. The lowest BCUT2D eigenvalue weighted by molar-refractivity contribution is -0.119. The van der Waals surface area contributed by atoms with Gasteiger partial charge in [0.05, 0.1) is 0 Å². The van der Waals surface area contributed by atoms with Gasteiger partial charge >= 0.3 is 0 Å². The van der Waals surface area contributed by atoms with Crippen molar-refractivity contribution in [3.63, 3.8) is 0 Å². The van der Waals surface area contributed by atoms with Crippen LogP contribution < -0.4 is 5.32 Å². The first-order chi connectivity index (χ1) is 7.14. The van der Waals surface area contributed by atoms with Crippen molar-refractivity contribution < 1.29 is 9.18 Å². The van der Waals surface area contributed by atoms with E-state index >= 15 is 0 Å². The molecule has 1 N–H and O–H groups in total. The summed E-state index contributed by atoms with van der Waals surface area (Å²) in [7, 11) is 0. The predicted molar refractivity (Wildman–Crippen MR) is 56.0 cm³/mol. The van der Waals surface area contributed by atoms with E-state index in [1.165, 1.54) is 13.0 Å². The molecule has 2 rings (SSSR count). The molecule has 0 atom stereocenters. The number of rotatable bonds is 3. The van der Waals surface area contributed by atoms with Gasteiger partial charge in [-0.1, -0.05) is 18.2 Å².